The van der Waals surface area contributed by atoms with Crippen molar-refractivity contribution in [3.05, 3.63) is 35.4 Å². The van der Waals surface area contributed by atoms with Gasteiger partial charge in [-0.15, -0.1) is 0 Å². The third-order valence-corrected chi connectivity index (χ3v) is 4.59. The lowest BCUT2D eigenvalue weighted by atomic mass is 9.88. The van der Waals surface area contributed by atoms with Crippen molar-refractivity contribution >= 4 is 11.9 Å². The van der Waals surface area contributed by atoms with Gasteiger partial charge in [0.2, 0.25) is 5.91 Å². The van der Waals surface area contributed by atoms with E-state index in [-0.39, 0.29) is 12.0 Å². The molecule has 0 spiro atoms. The highest BCUT2D eigenvalue weighted by molar-refractivity contribution is 5.78. The van der Waals surface area contributed by atoms with Crippen molar-refractivity contribution in [1.29, 1.82) is 0 Å². The van der Waals surface area contributed by atoms with Crippen molar-refractivity contribution in [1.82, 2.24) is 9.80 Å². The van der Waals surface area contributed by atoms with Crippen molar-refractivity contribution in [2.75, 3.05) is 40.8 Å². The zero-order chi connectivity index (χ0) is 22.2. The van der Waals surface area contributed by atoms with Crippen LogP contribution in [0.25, 0.3) is 0 Å². The van der Waals surface area contributed by atoms with Gasteiger partial charge in [0.05, 0.1) is 12.6 Å². The predicted octanol–water partition coefficient (Wildman–Crippen LogP) is 2.60. The summed E-state index contributed by atoms with van der Waals surface area (Å²) in [6, 6.07) is 8.61. The number of ether oxygens (including phenoxy) is 1. The van der Waals surface area contributed by atoms with E-state index in [1.54, 1.807) is 7.11 Å². The molecule has 6 nitrogen and oxygen atoms in total. The van der Waals surface area contributed by atoms with Crippen LogP contribution in [-0.2, 0) is 20.7 Å². The summed E-state index contributed by atoms with van der Waals surface area (Å²) in [4.78, 5) is 25.1. The molecule has 2 atom stereocenters. The number of carboxylic acids is 1. The van der Waals surface area contributed by atoms with Crippen molar-refractivity contribution in [2.24, 2.45) is 5.92 Å². The van der Waals surface area contributed by atoms with E-state index in [4.69, 9.17) is 14.6 Å². The summed E-state index contributed by atoms with van der Waals surface area (Å²) in [5.74, 6) is -2.17. The molecule has 1 saturated heterocycles. The number of carboxylic acid groups (broad SMARTS) is 1. The molecule has 1 fully saturated rings. The Kier molecular flexibility index (Phi) is 9.58. The number of piperidine rings is 1. The third kappa shape index (κ3) is 8.82. The van der Waals surface area contributed by atoms with Crippen LogP contribution in [0.2, 0.25) is 0 Å². The van der Waals surface area contributed by atoms with E-state index in [0.29, 0.717) is 12.5 Å². The summed E-state index contributed by atoms with van der Waals surface area (Å²) in [6.07, 6.45) is -2.96. The number of rotatable bonds is 5. The quantitative estimate of drug-likeness (QED) is 0.796. The zero-order valence-electron chi connectivity index (χ0n) is 17.2. The Morgan fingerprint density at radius 3 is 2.41 bits per heavy atom. The number of carbonyl (C=O) groups is 2. The molecule has 1 aromatic rings. The number of hydrogen-bond donors (Lipinski definition) is 1. The standard InChI is InChI=1S/C18H28N2O2.C2HF3O2/c1-14-6-5-7-15(10-14)11-16-12-20(9-8-17(16)22-4)18(21)13-19(2)3;3-2(4,5)1(6)7/h5-7,10,16-17H,8-9,11-13H2,1-4H3;(H,6,7)/t16-,17+;/m0./s1. The van der Waals surface area contributed by atoms with E-state index in [2.05, 4.69) is 31.2 Å². The average Bonchev–Trinajstić information content (AvgIpc) is 2.61. The van der Waals surface area contributed by atoms with Gasteiger partial charge >= 0.3 is 12.1 Å². The second-order valence-electron chi connectivity index (χ2n) is 7.40. The molecule has 164 valence electrons. The lowest BCUT2D eigenvalue weighted by molar-refractivity contribution is -0.192. The second kappa shape index (κ2) is 11.2. The van der Waals surface area contributed by atoms with Gasteiger partial charge in [0.1, 0.15) is 0 Å². The van der Waals surface area contributed by atoms with Gasteiger partial charge in [-0.25, -0.2) is 4.79 Å². The first-order chi connectivity index (χ1) is 13.4. The van der Waals surface area contributed by atoms with Crippen LogP contribution in [0.15, 0.2) is 24.3 Å². The van der Waals surface area contributed by atoms with Gasteiger partial charge in [-0.3, -0.25) is 4.79 Å². The van der Waals surface area contributed by atoms with Gasteiger partial charge in [0, 0.05) is 26.1 Å². The van der Waals surface area contributed by atoms with E-state index in [0.717, 1.165) is 25.9 Å². The van der Waals surface area contributed by atoms with Crippen LogP contribution in [0.5, 0.6) is 0 Å². The van der Waals surface area contributed by atoms with Crippen molar-refractivity contribution in [2.45, 2.75) is 32.0 Å². The van der Waals surface area contributed by atoms with Crippen LogP contribution in [0.1, 0.15) is 17.5 Å². The topological polar surface area (TPSA) is 70.1 Å². The Labute approximate surface area is 169 Å². The fourth-order valence-electron chi connectivity index (χ4n) is 3.26. The maximum absolute atomic E-state index is 12.3. The smallest absolute Gasteiger partial charge is 0.475 e. The maximum atomic E-state index is 12.3. The number of nitrogens with zero attached hydrogens (tertiary/aromatic N) is 2. The molecular formula is C20H29F3N2O4. The Morgan fingerprint density at radius 2 is 1.93 bits per heavy atom. The highest BCUT2D eigenvalue weighted by Gasteiger charge is 2.38. The van der Waals surface area contributed by atoms with E-state index in [1.165, 1.54) is 11.1 Å². The molecule has 1 aromatic carbocycles. The molecule has 0 aromatic heterocycles. The Bertz CT molecular complexity index is 680. The fraction of sp³-hybridized carbons (Fsp3) is 0.600. The van der Waals surface area contributed by atoms with Gasteiger partial charge in [-0.2, -0.15) is 13.2 Å². The van der Waals surface area contributed by atoms with Crippen LogP contribution in [-0.4, -0.2) is 79.9 Å². The molecular weight excluding hydrogens is 389 g/mol. The first kappa shape index (κ1) is 24.9. The normalized spacial score (nSPS) is 19.5. The van der Waals surface area contributed by atoms with Gasteiger partial charge in [-0.05, 0) is 39.4 Å². The van der Waals surface area contributed by atoms with Crippen molar-refractivity contribution < 1.29 is 32.6 Å². The summed E-state index contributed by atoms with van der Waals surface area (Å²) in [5, 5.41) is 7.12. The monoisotopic (exact) mass is 418 g/mol. The summed E-state index contributed by atoms with van der Waals surface area (Å²) in [5.41, 5.74) is 2.61. The minimum atomic E-state index is -5.08. The molecule has 29 heavy (non-hydrogen) atoms. The van der Waals surface area contributed by atoms with E-state index in [1.807, 2.05) is 23.9 Å². The molecule has 1 aliphatic heterocycles. The molecule has 0 aliphatic carbocycles. The Hall–Kier alpha value is -2.13. The molecule has 1 N–H and O–H groups in total. The van der Waals surface area contributed by atoms with Crippen LogP contribution < -0.4 is 0 Å². The fourth-order valence-corrected chi connectivity index (χ4v) is 3.26. The molecule has 0 radical (unpaired) electrons. The zero-order valence-corrected chi connectivity index (χ0v) is 17.2. The van der Waals surface area contributed by atoms with Crippen LogP contribution in [0.3, 0.4) is 0 Å². The SMILES string of the molecule is CO[C@@H]1CCN(C(=O)CN(C)C)C[C@@H]1Cc1cccc(C)c1.O=C(O)C(F)(F)F. The second-order valence-corrected chi connectivity index (χ2v) is 7.40. The van der Waals surface area contributed by atoms with Crippen molar-refractivity contribution in [3.8, 4) is 0 Å². The number of halogens is 3. The highest BCUT2D eigenvalue weighted by Crippen LogP contribution is 2.24. The number of likely N-dealkylation sites (tertiary alicyclic amines) is 1. The Morgan fingerprint density at radius 1 is 1.31 bits per heavy atom. The van der Waals surface area contributed by atoms with Gasteiger partial charge < -0.3 is 19.6 Å². The summed E-state index contributed by atoms with van der Waals surface area (Å²) >= 11 is 0. The molecule has 1 heterocycles. The first-order valence-corrected chi connectivity index (χ1v) is 9.25. The molecule has 9 heteroatoms. The summed E-state index contributed by atoms with van der Waals surface area (Å²) in [6.45, 7) is 4.19. The van der Waals surface area contributed by atoms with Crippen LogP contribution in [0.4, 0.5) is 13.2 Å². The molecule has 1 aliphatic rings. The molecule has 0 bridgehead atoms. The van der Waals surface area contributed by atoms with E-state index >= 15 is 0 Å². The lowest BCUT2D eigenvalue weighted by Crippen LogP contribution is -2.49. The number of likely N-dealkylation sites (N-methyl/N-ethyl adjacent to an activating group) is 1. The number of aliphatic carboxylic acids is 1. The van der Waals surface area contributed by atoms with E-state index < -0.39 is 12.1 Å². The van der Waals surface area contributed by atoms with E-state index in [9.17, 15) is 18.0 Å². The number of carbonyl (C=O) groups excluding carboxylic acids is 1. The number of benzene rings is 1. The maximum Gasteiger partial charge on any atom is 0.490 e. The summed E-state index contributed by atoms with van der Waals surface area (Å²) < 4.78 is 37.4. The number of alkyl halides is 3. The molecule has 0 unspecified atom stereocenters. The summed E-state index contributed by atoms with van der Waals surface area (Å²) in [7, 11) is 5.65. The largest absolute Gasteiger partial charge is 0.490 e. The third-order valence-electron chi connectivity index (χ3n) is 4.59. The molecule has 2 rings (SSSR count). The average molecular weight is 418 g/mol. The number of amides is 1. The predicted molar refractivity (Wildman–Crippen MR) is 103 cm³/mol. The Balaban J connectivity index is 0.000000516. The number of hydrogen-bond acceptors (Lipinski definition) is 4. The molecule has 1 amide bonds. The van der Waals surface area contributed by atoms with Crippen LogP contribution >= 0.6 is 0 Å². The van der Waals surface area contributed by atoms with Gasteiger partial charge in [-0.1, -0.05) is 29.8 Å². The lowest BCUT2D eigenvalue weighted by Gasteiger charge is -2.38. The minimum absolute atomic E-state index is 0.216. The molecule has 0 saturated carbocycles. The van der Waals surface area contributed by atoms with Gasteiger partial charge in [0.25, 0.3) is 0 Å². The van der Waals surface area contributed by atoms with Crippen molar-refractivity contribution in [3.63, 3.8) is 0 Å². The minimum Gasteiger partial charge on any atom is -0.475 e. The number of aryl methyl sites for hydroxylation is 1. The van der Waals surface area contributed by atoms with Crippen LogP contribution in [0, 0.1) is 12.8 Å². The first-order valence-electron chi connectivity index (χ1n) is 9.25. The van der Waals surface area contributed by atoms with Gasteiger partial charge in [0.15, 0.2) is 0 Å². The highest BCUT2D eigenvalue weighted by atomic mass is 19.4. The number of methoxy groups -OCH3 is 1.